The van der Waals surface area contributed by atoms with E-state index in [1.807, 2.05) is 36.2 Å². The highest BCUT2D eigenvalue weighted by atomic mass is 16.5. The number of pyridine rings is 1. The van der Waals surface area contributed by atoms with Gasteiger partial charge in [0, 0.05) is 33.4 Å². The van der Waals surface area contributed by atoms with Gasteiger partial charge in [-0.25, -0.2) is 4.98 Å². The molecule has 1 amide bonds. The molecule has 26 heavy (non-hydrogen) atoms. The zero-order valence-electron chi connectivity index (χ0n) is 15.9. The predicted octanol–water partition coefficient (Wildman–Crippen LogP) is 2.23. The third-order valence-corrected chi connectivity index (χ3v) is 4.70. The van der Waals surface area contributed by atoms with E-state index < -0.39 is 0 Å². The van der Waals surface area contributed by atoms with E-state index in [2.05, 4.69) is 16.2 Å². The maximum Gasteiger partial charge on any atom is 0.259 e. The number of nitrogens with zero attached hydrogens (tertiary/aromatic N) is 4. The molecule has 7 nitrogen and oxygen atoms in total. The Bertz CT molecular complexity index is 752. The summed E-state index contributed by atoms with van der Waals surface area (Å²) in [5.74, 6) is 1.50. The number of morpholine rings is 1. The van der Waals surface area contributed by atoms with Gasteiger partial charge in [0.25, 0.3) is 5.91 Å². The van der Waals surface area contributed by atoms with Crippen LogP contribution in [0.4, 0.5) is 5.82 Å². The number of carbonyl (C=O) groups excluding carboxylic acids is 1. The Labute approximate surface area is 153 Å². The van der Waals surface area contributed by atoms with Crippen molar-refractivity contribution in [3.05, 3.63) is 40.9 Å². The first kappa shape index (κ1) is 18.4. The van der Waals surface area contributed by atoms with Gasteiger partial charge in [0.1, 0.15) is 17.1 Å². The third-order valence-electron chi connectivity index (χ3n) is 4.70. The van der Waals surface area contributed by atoms with Gasteiger partial charge in [-0.3, -0.25) is 4.79 Å². The van der Waals surface area contributed by atoms with Crippen molar-refractivity contribution in [2.75, 3.05) is 38.7 Å². The van der Waals surface area contributed by atoms with Gasteiger partial charge in [-0.1, -0.05) is 5.16 Å². The van der Waals surface area contributed by atoms with Crippen LogP contribution in [0.5, 0.6) is 0 Å². The van der Waals surface area contributed by atoms with Crippen LogP contribution >= 0.6 is 0 Å². The summed E-state index contributed by atoms with van der Waals surface area (Å²) in [6.07, 6.45) is 3.62. The predicted molar refractivity (Wildman–Crippen MR) is 98.5 cm³/mol. The molecule has 2 aromatic rings. The van der Waals surface area contributed by atoms with Gasteiger partial charge in [-0.05, 0) is 44.4 Å². The quantitative estimate of drug-likeness (QED) is 0.816. The second-order valence-corrected chi connectivity index (χ2v) is 6.90. The van der Waals surface area contributed by atoms with Crippen molar-refractivity contribution in [2.24, 2.45) is 0 Å². The standard InChI is InChI=1S/C19H26N4O3/c1-13-18(14(2)26-21-13)19(24)23-9-10-25-16(12-23)6-5-15-7-8-20-17(11-15)22(3)4/h7-8,11,16H,5-6,9-10,12H2,1-4H3. The molecule has 0 N–H and O–H groups in total. The lowest BCUT2D eigenvalue weighted by atomic mass is 10.1. The lowest BCUT2D eigenvalue weighted by Gasteiger charge is -2.33. The summed E-state index contributed by atoms with van der Waals surface area (Å²) in [5.41, 5.74) is 2.44. The molecule has 0 bridgehead atoms. The number of carbonyl (C=O) groups is 1. The topological polar surface area (TPSA) is 71.7 Å². The van der Waals surface area contributed by atoms with E-state index in [-0.39, 0.29) is 12.0 Å². The Morgan fingerprint density at radius 3 is 2.88 bits per heavy atom. The van der Waals surface area contributed by atoms with E-state index >= 15 is 0 Å². The fourth-order valence-electron chi connectivity index (χ4n) is 3.21. The van der Waals surface area contributed by atoms with Crippen LogP contribution in [0.1, 0.15) is 33.8 Å². The minimum atomic E-state index is -0.0200. The number of ether oxygens (including phenoxy) is 1. The summed E-state index contributed by atoms with van der Waals surface area (Å²) in [5, 5.41) is 3.89. The summed E-state index contributed by atoms with van der Waals surface area (Å²) in [6, 6.07) is 4.12. The monoisotopic (exact) mass is 358 g/mol. The largest absolute Gasteiger partial charge is 0.375 e. The van der Waals surface area contributed by atoms with Crippen molar-refractivity contribution < 1.29 is 14.1 Å². The first-order valence-electron chi connectivity index (χ1n) is 8.91. The highest BCUT2D eigenvalue weighted by molar-refractivity contribution is 5.96. The van der Waals surface area contributed by atoms with Crippen LogP contribution in [-0.2, 0) is 11.2 Å². The molecule has 1 atom stereocenters. The van der Waals surface area contributed by atoms with Gasteiger partial charge in [0.15, 0.2) is 0 Å². The fourth-order valence-corrected chi connectivity index (χ4v) is 3.21. The van der Waals surface area contributed by atoms with E-state index in [4.69, 9.17) is 9.26 Å². The molecular formula is C19H26N4O3. The van der Waals surface area contributed by atoms with Crippen LogP contribution in [0, 0.1) is 13.8 Å². The maximum absolute atomic E-state index is 12.8. The summed E-state index contributed by atoms with van der Waals surface area (Å²) in [4.78, 5) is 21.0. The second kappa shape index (κ2) is 7.86. The van der Waals surface area contributed by atoms with Crippen molar-refractivity contribution in [3.63, 3.8) is 0 Å². The van der Waals surface area contributed by atoms with Crippen molar-refractivity contribution in [1.29, 1.82) is 0 Å². The molecule has 1 saturated heterocycles. The highest BCUT2D eigenvalue weighted by Gasteiger charge is 2.28. The van der Waals surface area contributed by atoms with Crippen LogP contribution in [0.2, 0.25) is 0 Å². The smallest absolute Gasteiger partial charge is 0.259 e. The Morgan fingerprint density at radius 1 is 1.38 bits per heavy atom. The molecule has 1 aliphatic heterocycles. The van der Waals surface area contributed by atoms with Gasteiger partial charge >= 0.3 is 0 Å². The van der Waals surface area contributed by atoms with Crippen LogP contribution in [0.15, 0.2) is 22.9 Å². The highest BCUT2D eigenvalue weighted by Crippen LogP contribution is 2.19. The molecule has 1 unspecified atom stereocenters. The minimum Gasteiger partial charge on any atom is -0.375 e. The van der Waals surface area contributed by atoms with Gasteiger partial charge in [0.2, 0.25) is 0 Å². The number of aryl methyl sites for hydroxylation is 3. The van der Waals surface area contributed by atoms with E-state index in [0.717, 1.165) is 18.7 Å². The molecule has 1 fully saturated rings. The van der Waals surface area contributed by atoms with Crippen LogP contribution in [0.25, 0.3) is 0 Å². The molecule has 140 valence electrons. The molecule has 0 aliphatic carbocycles. The van der Waals surface area contributed by atoms with E-state index in [1.165, 1.54) is 5.56 Å². The van der Waals surface area contributed by atoms with Crippen LogP contribution in [-0.4, -0.2) is 60.8 Å². The average molecular weight is 358 g/mol. The summed E-state index contributed by atoms with van der Waals surface area (Å²) >= 11 is 0. The zero-order valence-corrected chi connectivity index (χ0v) is 15.9. The van der Waals surface area contributed by atoms with Crippen molar-refractivity contribution in [3.8, 4) is 0 Å². The zero-order chi connectivity index (χ0) is 18.7. The van der Waals surface area contributed by atoms with Crippen LogP contribution in [0.3, 0.4) is 0 Å². The van der Waals surface area contributed by atoms with Gasteiger partial charge in [0.05, 0.1) is 18.4 Å². The Kier molecular flexibility index (Phi) is 5.56. The lowest BCUT2D eigenvalue weighted by Crippen LogP contribution is -2.46. The molecule has 0 spiro atoms. The number of hydrogen-bond acceptors (Lipinski definition) is 6. The fraction of sp³-hybridized carbons (Fsp3) is 0.526. The molecule has 0 aromatic carbocycles. The van der Waals surface area contributed by atoms with Gasteiger partial charge in [-0.15, -0.1) is 0 Å². The van der Waals surface area contributed by atoms with Crippen molar-refractivity contribution >= 4 is 11.7 Å². The number of hydrogen-bond donors (Lipinski definition) is 0. The van der Waals surface area contributed by atoms with Crippen molar-refractivity contribution in [2.45, 2.75) is 32.8 Å². The van der Waals surface area contributed by atoms with E-state index in [0.29, 0.717) is 36.7 Å². The maximum atomic E-state index is 12.8. The molecule has 2 aromatic heterocycles. The molecule has 7 heteroatoms. The third kappa shape index (κ3) is 4.04. The normalized spacial score (nSPS) is 17.4. The van der Waals surface area contributed by atoms with Gasteiger partial charge in [-0.2, -0.15) is 0 Å². The summed E-state index contributed by atoms with van der Waals surface area (Å²) < 4.78 is 11.0. The lowest BCUT2D eigenvalue weighted by molar-refractivity contribution is -0.0246. The average Bonchev–Trinajstić information content (AvgIpc) is 2.98. The second-order valence-electron chi connectivity index (χ2n) is 6.90. The van der Waals surface area contributed by atoms with Gasteiger partial charge < -0.3 is 19.1 Å². The Morgan fingerprint density at radius 2 is 2.19 bits per heavy atom. The summed E-state index contributed by atoms with van der Waals surface area (Å²) in [6.45, 7) is 5.32. The molecule has 0 saturated carbocycles. The minimum absolute atomic E-state index is 0.0200. The molecular weight excluding hydrogens is 332 g/mol. The van der Waals surface area contributed by atoms with E-state index in [9.17, 15) is 4.79 Å². The SMILES string of the molecule is Cc1noc(C)c1C(=O)N1CCOC(CCc2ccnc(N(C)C)c2)C1. The number of rotatable bonds is 5. The molecule has 0 radical (unpaired) electrons. The number of aromatic nitrogens is 2. The number of amides is 1. The number of anilines is 1. The van der Waals surface area contributed by atoms with Crippen LogP contribution < -0.4 is 4.90 Å². The molecule has 3 rings (SSSR count). The first-order valence-corrected chi connectivity index (χ1v) is 8.91. The Balaban J connectivity index is 1.60. The molecule has 1 aliphatic rings. The van der Waals surface area contributed by atoms with E-state index in [1.54, 1.807) is 13.8 Å². The summed E-state index contributed by atoms with van der Waals surface area (Å²) in [7, 11) is 3.96. The molecule has 3 heterocycles. The van der Waals surface area contributed by atoms with Crippen molar-refractivity contribution in [1.82, 2.24) is 15.0 Å². The first-order chi connectivity index (χ1) is 12.5. The Hall–Kier alpha value is -2.41.